The highest BCUT2D eigenvalue weighted by molar-refractivity contribution is 5.25. The molecule has 2 nitrogen and oxygen atoms in total. The van der Waals surface area contributed by atoms with E-state index < -0.39 is 0 Å². The third-order valence-electron chi connectivity index (χ3n) is 3.32. The zero-order chi connectivity index (χ0) is 12.8. The summed E-state index contributed by atoms with van der Waals surface area (Å²) in [6, 6.07) is 9.05. The van der Waals surface area contributed by atoms with Gasteiger partial charge in [-0.3, -0.25) is 4.90 Å². The van der Waals surface area contributed by atoms with Crippen LogP contribution in [0, 0.1) is 12.8 Å². The fraction of sp³-hybridized carbons (Fsp3) is 0.600. The van der Waals surface area contributed by atoms with E-state index in [0.717, 1.165) is 13.1 Å². The van der Waals surface area contributed by atoms with Crippen molar-refractivity contribution >= 4 is 0 Å². The lowest BCUT2D eigenvalue weighted by atomic mass is 10.0. The van der Waals surface area contributed by atoms with Crippen molar-refractivity contribution in [2.45, 2.75) is 39.8 Å². The third-order valence-corrected chi connectivity index (χ3v) is 3.32. The maximum absolute atomic E-state index is 5.87. The van der Waals surface area contributed by atoms with E-state index in [2.05, 4.69) is 57.0 Å². The van der Waals surface area contributed by atoms with Gasteiger partial charge < -0.3 is 5.73 Å². The first kappa shape index (κ1) is 14.2. The number of rotatable bonds is 6. The molecule has 0 heterocycles. The second kappa shape index (κ2) is 6.77. The maximum atomic E-state index is 5.87. The maximum Gasteiger partial charge on any atom is 0.0236 e. The molecule has 0 saturated heterocycles. The van der Waals surface area contributed by atoms with E-state index in [9.17, 15) is 0 Å². The van der Waals surface area contributed by atoms with E-state index >= 15 is 0 Å². The molecule has 2 N–H and O–H groups in total. The Bertz CT molecular complexity index is 333. The molecule has 1 aromatic rings. The lowest BCUT2D eigenvalue weighted by molar-refractivity contribution is 0.210. The van der Waals surface area contributed by atoms with Gasteiger partial charge in [-0.2, -0.15) is 0 Å². The third kappa shape index (κ3) is 4.49. The van der Waals surface area contributed by atoms with Crippen molar-refractivity contribution in [3.05, 3.63) is 35.4 Å². The Kier molecular flexibility index (Phi) is 5.66. The van der Waals surface area contributed by atoms with Crippen molar-refractivity contribution < 1.29 is 0 Å². The zero-order valence-electron chi connectivity index (χ0n) is 11.6. The second-order valence-corrected chi connectivity index (χ2v) is 5.36. The molecule has 1 atom stereocenters. The van der Waals surface area contributed by atoms with E-state index in [4.69, 9.17) is 5.73 Å². The van der Waals surface area contributed by atoms with Gasteiger partial charge in [0, 0.05) is 19.1 Å². The Morgan fingerprint density at radius 3 is 2.41 bits per heavy atom. The molecular formula is C15H26N2. The van der Waals surface area contributed by atoms with Gasteiger partial charge in [-0.05, 0) is 37.4 Å². The molecule has 0 fully saturated rings. The van der Waals surface area contributed by atoms with Crippen molar-refractivity contribution in [2.24, 2.45) is 11.7 Å². The standard InChI is InChI=1S/C15H26N2/c1-12(2)9-15(10-16)17(4)11-14-8-6-5-7-13(14)3/h5-8,12,15H,9-11,16H2,1-4H3. The summed E-state index contributed by atoms with van der Waals surface area (Å²) >= 11 is 0. The number of likely N-dealkylation sites (N-methyl/N-ethyl adjacent to an activating group) is 1. The number of nitrogens with zero attached hydrogens (tertiary/aromatic N) is 1. The van der Waals surface area contributed by atoms with Crippen LogP contribution in [0.15, 0.2) is 24.3 Å². The largest absolute Gasteiger partial charge is 0.329 e. The first-order chi connectivity index (χ1) is 8.04. The number of hydrogen-bond acceptors (Lipinski definition) is 2. The van der Waals surface area contributed by atoms with E-state index in [1.165, 1.54) is 17.5 Å². The van der Waals surface area contributed by atoms with Crippen LogP contribution in [0.25, 0.3) is 0 Å². The van der Waals surface area contributed by atoms with Crippen LogP contribution >= 0.6 is 0 Å². The number of benzene rings is 1. The summed E-state index contributed by atoms with van der Waals surface area (Å²) < 4.78 is 0. The molecule has 2 heteroatoms. The number of hydrogen-bond donors (Lipinski definition) is 1. The quantitative estimate of drug-likeness (QED) is 0.820. The summed E-state index contributed by atoms with van der Waals surface area (Å²) in [5.74, 6) is 0.697. The highest BCUT2D eigenvalue weighted by Crippen LogP contribution is 2.14. The molecule has 0 bridgehead atoms. The van der Waals surface area contributed by atoms with Crippen molar-refractivity contribution in [1.29, 1.82) is 0 Å². The van der Waals surface area contributed by atoms with E-state index in [1.54, 1.807) is 0 Å². The van der Waals surface area contributed by atoms with E-state index in [1.807, 2.05) is 0 Å². The Balaban J connectivity index is 2.64. The minimum Gasteiger partial charge on any atom is -0.329 e. The average Bonchev–Trinajstić information content (AvgIpc) is 2.28. The van der Waals surface area contributed by atoms with Crippen LogP contribution in [0.5, 0.6) is 0 Å². The van der Waals surface area contributed by atoms with Crippen LogP contribution in [0.3, 0.4) is 0 Å². The molecule has 1 aromatic carbocycles. The molecule has 17 heavy (non-hydrogen) atoms. The molecule has 0 spiro atoms. The Morgan fingerprint density at radius 2 is 1.88 bits per heavy atom. The van der Waals surface area contributed by atoms with Gasteiger partial charge in [-0.1, -0.05) is 38.1 Å². The first-order valence-electron chi connectivity index (χ1n) is 6.49. The molecule has 0 radical (unpaired) electrons. The SMILES string of the molecule is Cc1ccccc1CN(C)C(CN)CC(C)C. The summed E-state index contributed by atoms with van der Waals surface area (Å²) in [5, 5.41) is 0. The molecular weight excluding hydrogens is 208 g/mol. The molecule has 0 amide bonds. The van der Waals surface area contributed by atoms with Crippen LogP contribution in [-0.2, 0) is 6.54 Å². The van der Waals surface area contributed by atoms with Gasteiger partial charge in [0.2, 0.25) is 0 Å². The first-order valence-corrected chi connectivity index (χ1v) is 6.49. The predicted octanol–water partition coefficient (Wildman–Crippen LogP) is 2.80. The van der Waals surface area contributed by atoms with Gasteiger partial charge in [-0.25, -0.2) is 0 Å². The molecule has 0 saturated carbocycles. The van der Waals surface area contributed by atoms with Crippen molar-refractivity contribution in [1.82, 2.24) is 4.90 Å². The Labute approximate surface area is 106 Å². The summed E-state index contributed by atoms with van der Waals surface area (Å²) in [6.45, 7) is 8.40. The topological polar surface area (TPSA) is 29.3 Å². The normalized spacial score (nSPS) is 13.4. The highest BCUT2D eigenvalue weighted by atomic mass is 15.1. The summed E-state index contributed by atoms with van der Waals surface area (Å²) in [7, 11) is 2.17. The van der Waals surface area contributed by atoms with Crippen molar-refractivity contribution in [2.75, 3.05) is 13.6 Å². The second-order valence-electron chi connectivity index (χ2n) is 5.36. The lowest BCUT2D eigenvalue weighted by Gasteiger charge is -2.28. The average molecular weight is 234 g/mol. The minimum atomic E-state index is 0.481. The Hall–Kier alpha value is -0.860. The van der Waals surface area contributed by atoms with Crippen LogP contribution in [-0.4, -0.2) is 24.5 Å². The molecule has 0 aliphatic heterocycles. The molecule has 96 valence electrons. The fourth-order valence-corrected chi connectivity index (χ4v) is 2.19. The molecule has 0 aliphatic carbocycles. The minimum absolute atomic E-state index is 0.481. The molecule has 0 aromatic heterocycles. The van der Waals surface area contributed by atoms with E-state index in [0.29, 0.717) is 12.0 Å². The van der Waals surface area contributed by atoms with Crippen LogP contribution in [0.1, 0.15) is 31.4 Å². The summed E-state index contributed by atoms with van der Waals surface area (Å²) in [6.07, 6.45) is 1.17. The highest BCUT2D eigenvalue weighted by Gasteiger charge is 2.15. The van der Waals surface area contributed by atoms with Crippen LogP contribution in [0.2, 0.25) is 0 Å². The zero-order valence-corrected chi connectivity index (χ0v) is 11.6. The van der Waals surface area contributed by atoms with Gasteiger partial charge in [0.25, 0.3) is 0 Å². The lowest BCUT2D eigenvalue weighted by Crippen LogP contribution is -2.38. The van der Waals surface area contributed by atoms with Gasteiger partial charge >= 0.3 is 0 Å². The van der Waals surface area contributed by atoms with E-state index in [-0.39, 0.29) is 0 Å². The van der Waals surface area contributed by atoms with Gasteiger partial charge in [0.15, 0.2) is 0 Å². The fourth-order valence-electron chi connectivity index (χ4n) is 2.19. The van der Waals surface area contributed by atoms with Gasteiger partial charge in [-0.15, -0.1) is 0 Å². The number of aryl methyl sites for hydroxylation is 1. The Morgan fingerprint density at radius 1 is 1.24 bits per heavy atom. The molecule has 0 aliphatic rings. The van der Waals surface area contributed by atoms with Crippen LogP contribution in [0.4, 0.5) is 0 Å². The molecule has 1 rings (SSSR count). The smallest absolute Gasteiger partial charge is 0.0236 e. The monoisotopic (exact) mass is 234 g/mol. The van der Waals surface area contributed by atoms with Crippen LogP contribution < -0.4 is 5.73 Å². The van der Waals surface area contributed by atoms with Gasteiger partial charge in [0.05, 0.1) is 0 Å². The van der Waals surface area contributed by atoms with Gasteiger partial charge in [0.1, 0.15) is 0 Å². The number of nitrogens with two attached hydrogens (primary N) is 1. The summed E-state index contributed by atoms with van der Waals surface area (Å²) in [5.41, 5.74) is 8.63. The van der Waals surface area contributed by atoms with Crippen molar-refractivity contribution in [3.63, 3.8) is 0 Å². The molecule has 1 unspecified atom stereocenters. The summed E-state index contributed by atoms with van der Waals surface area (Å²) in [4.78, 5) is 2.38. The van der Waals surface area contributed by atoms with Crippen molar-refractivity contribution in [3.8, 4) is 0 Å². The predicted molar refractivity (Wildman–Crippen MR) is 74.9 cm³/mol.